The van der Waals surface area contributed by atoms with E-state index in [1.54, 1.807) is 0 Å². The smallest absolute Gasteiger partial charge is 0.235 e. The van der Waals surface area contributed by atoms with Gasteiger partial charge in [-0.2, -0.15) is 0 Å². The summed E-state index contributed by atoms with van der Waals surface area (Å²) in [5, 5.41) is 5.60. The van der Waals surface area contributed by atoms with Crippen LogP contribution in [0.3, 0.4) is 0 Å². The standard InChI is InChI=1S/C32H19N3O/c1-5-13-26-24(12-1)31(20-17-18-30-25(19-20)23-11-4-8-16-29(23)36-30)34-32(33-26)35-27-14-6-2-9-21(27)22-10-3-7-15-28(22)35/h1-19H. The van der Waals surface area contributed by atoms with E-state index in [2.05, 4.69) is 83.4 Å². The predicted octanol–water partition coefficient (Wildman–Crippen LogP) is 8.29. The van der Waals surface area contributed by atoms with E-state index < -0.39 is 0 Å². The van der Waals surface area contributed by atoms with Gasteiger partial charge in [-0.05, 0) is 42.5 Å². The first-order valence-corrected chi connectivity index (χ1v) is 12.0. The summed E-state index contributed by atoms with van der Waals surface area (Å²) in [5.41, 5.74) is 6.81. The number of rotatable bonds is 2. The van der Waals surface area contributed by atoms with Gasteiger partial charge in [-0.15, -0.1) is 0 Å². The molecule has 0 aliphatic carbocycles. The molecule has 8 rings (SSSR count). The molecule has 0 saturated heterocycles. The highest BCUT2D eigenvalue weighted by Gasteiger charge is 2.17. The zero-order chi connectivity index (χ0) is 23.6. The van der Waals surface area contributed by atoms with Gasteiger partial charge in [0.05, 0.1) is 22.2 Å². The number of furan rings is 1. The minimum absolute atomic E-state index is 0.665. The van der Waals surface area contributed by atoms with Crippen molar-refractivity contribution < 1.29 is 4.42 Å². The third-order valence-corrected chi connectivity index (χ3v) is 7.02. The van der Waals surface area contributed by atoms with E-state index in [0.29, 0.717) is 5.95 Å². The topological polar surface area (TPSA) is 43.9 Å². The molecule has 168 valence electrons. The summed E-state index contributed by atoms with van der Waals surface area (Å²) in [6.45, 7) is 0. The highest BCUT2D eigenvalue weighted by atomic mass is 16.3. The van der Waals surface area contributed by atoms with Crippen LogP contribution < -0.4 is 0 Å². The summed E-state index contributed by atoms with van der Waals surface area (Å²) in [6.07, 6.45) is 0. The Bertz CT molecular complexity index is 2060. The molecule has 0 aliphatic rings. The number of nitrogens with zero attached hydrogens (tertiary/aromatic N) is 3. The fraction of sp³-hybridized carbons (Fsp3) is 0. The number of benzene rings is 5. The predicted molar refractivity (Wildman–Crippen MR) is 147 cm³/mol. The minimum Gasteiger partial charge on any atom is -0.456 e. The van der Waals surface area contributed by atoms with Gasteiger partial charge in [0.15, 0.2) is 0 Å². The Morgan fingerprint density at radius 2 is 1.11 bits per heavy atom. The number of hydrogen-bond acceptors (Lipinski definition) is 3. The molecule has 0 aliphatic heterocycles. The molecule has 4 nitrogen and oxygen atoms in total. The van der Waals surface area contributed by atoms with Crippen molar-refractivity contribution in [3.63, 3.8) is 0 Å². The number of aromatic nitrogens is 3. The van der Waals surface area contributed by atoms with Crippen molar-refractivity contribution in [1.82, 2.24) is 14.5 Å². The Morgan fingerprint density at radius 3 is 1.89 bits per heavy atom. The van der Waals surface area contributed by atoms with Gasteiger partial charge in [-0.3, -0.25) is 4.57 Å². The highest BCUT2D eigenvalue weighted by Crippen LogP contribution is 2.36. The van der Waals surface area contributed by atoms with Gasteiger partial charge >= 0.3 is 0 Å². The molecule has 3 aromatic heterocycles. The monoisotopic (exact) mass is 461 g/mol. The van der Waals surface area contributed by atoms with Gasteiger partial charge < -0.3 is 4.42 Å². The summed E-state index contributed by atoms with van der Waals surface area (Å²) < 4.78 is 8.25. The van der Waals surface area contributed by atoms with Gasteiger partial charge in [0.2, 0.25) is 5.95 Å². The first-order chi connectivity index (χ1) is 17.8. The van der Waals surface area contributed by atoms with Crippen LogP contribution in [0.25, 0.3) is 71.9 Å². The van der Waals surface area contributed by atoms with Crippen molar-refractivity contribution in [2.45, 2.75) is 0 Å². The van der Waals surface area contributed by atoms with Crippen molar-refractivity contribution in [3.05, 3.63) is 115 Å². The highest BCUT2D eigenvalue weighted by molar-refractivity contribution is 6.09. The Labute approximate surface area is 206 Å². The summed E-state index contributed by atoms with van der Waals surface area (Å²) in [4.78, 5) is 10.2. The van der Waals surface area contributed by atoms with Crippen LogP contribution in [0.5, 0.6) is 0 Å². The van der Waals surface area contributed by atoms with E-state index in [4.69, 9.17) is 14.4 Å². The Morgan fingerprint density at radius 1 is 0.500 bits per heavy atom. The zero-order valence-corrected chi connectivity index (χ0v) is 19.2. The summed E-state index contributed by atoms with van der Waals surface area (Å²) in [6, 6.07) is 39.6. The lowest BCUT2D eigenvalue weighted by atomic mass is 10.0. The molecule has 0 unspecified atom stereocenters. The van der Waals surface area contributed by atoms with Crippen molar-refractivity contribution in [2.24, 2.45) is 0 Å². The van der Waals surface area contributed by atoms with E-state index in [0.717, 1.165) is 55.1 Å². The largest absolute Gasteiger partial charge is 0.456 e. The maximum Gasteiger partial charge on any atom is 0.235 e. The first-order valence-electron chi connectivity index (χ1n) is 12.0. The average Bonchev–Trinajstić information content (AvgIpc) is 3.48. The van der Waals surface area contributed by atoms with Crippen molar-refractivity contribution in [3.8, 4) is 17.2 Å². The molecular formula is C32H19N3O. The normalized spacial score (nSPS) is 11.9. The van der Waals surface area contributed by atoms with E-state index in [9.17, 15) is 0 Å². The molecule has 4 heteroatoms. The van der Waals surface area contributed by atoms with Crippen LogP contribution in [0.1, 0.15) is 0 Å². The van der Waals surface area contributed by atoms with E-state index in [1.165, 1.54) is 10.8 Å². The van der Waals surface area contributed by atoms with Gasteiger partial charge in [-0.1, -0.05) is 72.8 Å². The van der Waals surface area contributed by atoms with Crippen LogP contribution >= 0.6 is 0 Å². The number of hydrogen-bond donors (Lipinski definition) is 0. The molecule has 8 aromatic rings. The van der Waals surface area contributed by atoms with Crippen molar-refractivity contribution >= 4 is 54.6 Å². The molecule has 3 heterocycles. The van der Waals surface area contributed by atoms with Crippen LogP contribution in [-0.4, -0.2) is 14.5 Å². The van der Waals surface area contributed by atoms with Crippen molar-refractivity contribution in [2.75, 3.05) is 0 Å². The molecule has 5 aromatic carbocycles. The van der Waals surface area contributed by atoms with Gasteiger partial charge in [0, 0.05) is 32.5 Å². The van der Waals surface area contributed by atoms with Crippen molar-refractivity contribution in [1.29, 1.82) is 0 Å². The second-order valence-electron chi connectivity index (χ2n) is 9.07. The molecule has 0 atom stereocenters. The lowest BCUT2D eigenvalue weighted by Crippen LogP contribution is -2.03. The lowest BCUT2D eigenvalue weighted by Gasteiger charge is -2.11. The summed E-state index contributed by atoms with van der Waals surface area (Å²) in [5.74, 6) is 0.665. The minimum atomic E-state index is 0.665. The molecule has 0 amide bonds. The third kappa shape index (κ3) is 2.70. The fourth-order valence-electron chi connectivity index (χ4n) is 5.40. The van der Waals surface area contributed by atoms with Gasteiger partial charge in [-0.25, -0.2) is 9.97 Å². The molecule has 0 fully saturated rings. The van der Waals surface area contributed by atoms with E-state index in [1.807, 2.05) is 36.4 Å². The summed E-state index contributed by atoms with van der Waals surface area (Å²) >= 11 is 0. The molecule has 36 heavy (non-hydrogen) atoms. The van der Waals surface area contributed by atoms with Crippen LogP contribution in [0.15, 0.2) is 120 Å². The second-order valence-corrected chi connectivity index (χ2v) is 9.07. The lowest BCUT2D eigenvalue weighted by molar-refractivity contribution is 0.669. The molecule has 0 bridgehead atoms. The van der Waals surface area contributed by atoms with E-state index in [-0.39, 0.29) is 0 Å². The quantitative estimate of drug-likeness (QED) is 0.260. The van der Waals surface area contributed by atoms with E-state index >= 15 is 0 Å². The van der Waals surface area contributed by atoms with Crippen LogP contribution in [0.2, 0.25) is 0 Å². The van der Waals surface area contributed by atoms with Crippen LogP contribution in [-0.2, 0) is 0 Å². The molecule has 0 N–H and O–H groups in total. The first kappa shape index (κ1) is 19.4. The SMILES string of the molecule is c1ccc2c(-c3ccc4oc5ccccc5c4c3)nc(-n3c4ccccc4c4ccccc43)nc2c1. The maximum absolute atomic E-state index is 6.07. The fourth-order valence-corrected chi connectivity index (χ4v) is 5.40. The second kappa shape index (κ2) is 7.27. The Hall–Kier alpha value is -4.96. The number of fused-ring (bicyclic) bond motifs is 7. The van der Waals surface area contributed by atoms with Crippen LogP contribution in [0.4, 0.5) is 0 Å². The Balaban J connectivity index is 1.46. The maximum atomic E-state index is 6.07. The third-order valence-electron chi connectivity index (χ3n) is 7.02. The Kier molecular flexibility index (Phi) is 3.91. The molecule has 0 saturated carbocycles. The zero-order valence-electron chi connectivity index (χ0n) is 19.2. The average molecular weight is 462 g/mol. The number of para-hydroxylation sites is 4. The van der Waals surface area contributed by atoms with Gasteiger partial charge in [0.1, 0.15) is 11.2 Å². The molecule has 0 radical (unpaired) electrons. The van der Waals surface area contributed by atoms with Crippen LogP contribution in [0, 0.1) is 0 Å². The summed E-state index contributed by atoms with van der Waals surface area (Å²) in [7, 11) is 0. The molecule has 0 spiro atoms. The molecular weight excluding hydrogens is 442 g/mol. The van der Waals surface area contributed by atoms with Gasteiger partial charge in [0.25, 0.3) is 0 Å².